The highest BCUT2D eigenvalue weighted by atomic mass is 35.5. The summed E-state index contributed by atoms with van der Waals surface area (Å²) in [5.74, 6) is 0.674. The van der Waals surface area contributed by atoms with Gasteiger partial charge in [0.2, 0.25) is 0 Å². The second-order valence-electron chi connectivity index (χ2n) is 3.29. The fourth-order valence-corrected chi connectivity index (χ4v) is 1.93. The maximum Gasteiger partial charge on any atom is 0.166 e. The van der Waals surface area contributed by atoms with E-state index in [0.29, 0.717) is 16.5 Å². The highest BCUT2D eigenvalue weighted by molar-refractivity contribution is 6.31. The Morgan fingerprint density at radius 3 is 2.73 bits per heavy atom. The molecule has 0 bridgehead atoms. The number of carbonyl (C=O) groups excluding carboxylic acids is 1. The summed E-state index contributed by atoms with van der Waals surface area (Å²) in [6, 6.07) is 5.33. The van der Waals surface area contributed by atoms with Crippen LogP contribution in [0.2, 0.25) is 5.02 Å². The summed E-state index contributed by atoms with van der Waals surface area (Å²) in [4.78, 5) is 10.8. The van der Waals surface area contributed by atoms with E-state index in [1.165, 1.54) is 0 Å². The van der Waals surface area contributed by atoms with Gasteiger partial charge in [-0.05, 0) is 12.1 Å². The van der Waals surface area contributed by atoms with E-state index < -0.39 is 0 Å². The molecule has 1 aromatic carbocycles. The van der Waals surface area contributed by atoms with Gasteiger partial charge in [0.25, 0.3) is 0 Å². The van der Waals surface area contributed by atoms with Gasteiger partial charge in [-0.2, -0.15) is 0 Å². The molecule has 2 aromatic rings. The number of aldehydes is 1. The van der Waals surface area contributed by atoms with Crippen molar-refractivity contribution in [2.24, 2.45) is 7.05 Å². The van der Waals surface area contributed by atoms with Crippen LogP contribution in [0.15, 0.2) is 18.2 Å². The van der Waals surface area contributed by atoms with Gasteiger partial charge in [0.15, 0.2) is 6.29 Å². The predicted molar refractivity (Wildman–Crippen MR) is 59.9 cm³/mol. The molecule has 0 spiro atoms. The summed E-state index contributed by atoms with van der Waals surface area (Å²) in [6.45, 7) is 0. The van der Waals surface area contributed by atoms with Crippen LogP contribution in [0.1, 0.15) is 10.5 Å². The van der Waals surface area contributed by atoms with Crippen LogP contribution in [0, 0.1) is 0 Å². The molecule has 0 fully saturated rings. The Labute approximate surface area is 92.2 Å². The van der Waals surface area contributed by atoms with Gasteiger partial charge in [0.05, 0.1) is 18.3 Å². The number of fused-ring (bicyclic) bond motifs is 1. The zero-order valence-corrected chi connectivity index (χ0v) is 9.21. The molecule has 4 heteroatoms. The number of hydrogen-bond donors (Lipinski definition) is 0. The van der Waals surface area contributed by atoms with Crippen LogP contribution < -0.4 is 4.74 Å². The molecule has 0 radical (unpaired) electrons. The predicted octanol–water partition coefficient (Wildman–Crippen LogP) is 2.65. The molecule has 0 saturated carbocycles. The molecule has 0 unspecified atom stereocenters. The maximum absolute atomic E-state index is 10.8. The smallest absolute Gasteiger partial charge is 0.166 e. The molecule has 0 saturated heterocycles. The first-order valence-electron chi connectivity index (χ1n) is 4.45. The number of methoxy groups -OCH3 is 1. The molecule has 0 aliphatic carbocycles. The Morgan fingerprint density at radius 1 is 1.40 bits per heavy atom. The number of ether oxygens (including phenoxy) is 1. The lowest BCUT2D eigenvalue weighted by molar-refractivity contribution is 0.111. The summed E-state index contributed by atoms with van der Waals surface area (Å²) >= 11 is 5.93. The van der Waals surface area contributed by atoms with Gasteiger partial charge in [-0.3, -0.25) is 4.79 Å². The van der Waals surface area contributed by atoms with Crippen molar-refractivity contribution >= 4 is 28.8 Å². The molecule has 0 aliphatic rings. The Balaban J connectivity index is 2.87. The van der Waals surface area contributed by atoms with Crippen LogP contribution in [-0.2, 0) is 7.05 Å². The van der Waals surface area contributed by atoms with E-state index in [9.17, 15) is 4.79 Å². The van der Waals surface area contributed by atoms with Crippen LogP contribution in [0.5, 0.6) is 5.75 Å². The Bertz CT molecular complexity index is 531. The monoisotopic (exact) mass is 223 g/mol. The number of rotatable bonds is 2. The summed E-state index contributed by atoms with van der Waals surface area (Å²) in [7, 11) is 3.40. The lowest BCUT2D eigenvalue weighted by Gasteiger charge is -2.05. The summed E-state index contributed by atoms with van der Waals surface area (Å²) in [5, 5.41) is 1.51. The molecule has 3 nitrogen and oxygen atoms in total. The number of nitrogens with zero attached hydrogens (tertiary/aromatic N) is 1. The molecule has 78 valence electrons. The largest absolute Gasteiger partial charge is 0.494 e. The maximum atomic E-state index is 10.8. The normalized spacial score (nSPS) is 10.6. The SMILES string of the molecule is COc1cc(Cl)cc2cc(C=O)n(C)c12. The van der Waals surface area contributed by atoms with Gasteiger partial charge < -0.3 is 9.30 Å². The molecule has 0 atom stereocenters. The van der Waals surface area contributed by atoms with Crippen LogP contribution >= 0.6 is 11.6 Å². The van der Waals surface area contributed by atoms with E-state index in [2.05, 4.69) is 0 Å². The molecule has 2 rings (SSSR count). The average molecular weight is 224 g/mol. The topological polar surface area (TPSA) is 31.2 Å². The van der Waals surface area contributed by atoms with Crippen molar-refractivity contribution in [1.29, 1.82) is 0 Å². The van der Waals surface area contributed by atoms with E-state index in [4.69, 9.17) is 16.3 Å². The van der Waals surface area contributed by atoms with Crippen molar-refractivity contribution in [2.75, 3.05) is 7.11 Å². The number of hydrogen-bond acceptors (Lipinski definition) is 2. The standard InChI is InChI=1S/C11H10ClNO2/c1-13-9(6-14)4-7-3-8(12)5-10(15-2)11(7)13/h3-6H,1-2H3. The van der Waals surface area contributed by atoms with E-state index in [1.54, 1.807) is 23.8 Å². The van der Waals surface area contributed by atoms with Crippen molar-refractivity contribution in [3.63, 3.8) is 0 Å². The zero-order chi connectivity index (χ0) is 11.0. The molecule has 0 N–H and O–H groups in total. The minimum Gasteiger partial charge on any atom is -0.494 e. The average Bonchev–Trinajstić information content (AvgIpc) is 2.54. The number of carbonyl (C=O) groups is 1. The highest BCUT2D eigenvalue weighted by Gasteiger charge is 2.10. The number of halogens is 1. The van der Waals surface area contributed by atoms with Crippen molar-refractivity contribution < 1.29 is 9.53 Å². The quantitative estimate of drug-likeness (QED) is 0.733. The third-order valence-corrected chi connectivity index (χ3v) is 2.65. The number of aromatic nitrogens is 1. The first-order valence-corrected chi connectivity index (χ1v) is 4.83. The molecule has 1 heterocycles. The van der Waals surface area contributed by atoms with Crippen LogP contribution in [0.25, 0.3) is 10.9 Å². The Morgan fingerprint density at radius 2 is 2.13 bits per heavy atom. The number of benzene rings is 1. The number of aryl methyl sites for hydroxylation is 1. The minimum absolute atomic E-state index is 0.599. The molecule has 0 aliphatic heterocycles. The van der Waals surface area contributed by atoms with E-state index in [0.717, 1.165) is 17.2 Å². The fraction of sp³-hybridized carbons (Fsp3) is 0.182. The van der Waals surface area contributed by atoms with E-state index in [-0.39, 0.29) is 0 Å². The molecular formula is C11H10ClNO2. The molecular weight excluding hydrogens is 214 g/mol. The molecule has 0 amide bonds. The molecule has 15 heavy (non-hydrogen) atoms. The van der Waals surface area contributed by atoms with Crippen LogP contribution in [0.3, 0.4) is 0 Å². The van der Waals surface area contributed by atoms with E-state index >= 15 is 0 Å². The Hall–Kier alpha value is -1.48. The summed E-state index contributed by atoms with van der Waals surface area (Å²) in [5.41, 5.74) is 1.48. The van der Waals surface area contributed by atoms with Gasteiger partial charge >= 0.3 is 0 Å². The third kappa shape index (κ3) is 1.49. The van der Waals surface area contributed by atoms with Crippen molar-refractivity contribution in [2.45, 2.75) is 0 Å². The first kappa shape index (κ1) is 10.1. The van der Waals surface area contributed by atoms with E-state index in [1.807, 2.05) is 13.1 Å². The zero-order valence-electron chi connectivity index (χ0n) is 8.45. The Kier molecular flexibility index (Phi) is 2.40. The second kappa shape index (κ2) is 3.59. The van der Waals surface area contributed by atoms with Gasteiger partial charge in [0, 0.05) is 23.5 Å². The summed E-state index contributed by atoms with van der Waals surface area (Å²) in [6.07, 6.45) is 0.813. The lowest BCUT2D eigenvalue weighted by atomic mass is 10.2. The third-order valence-electron chi connectivity index (χ3n) is 2.44. The lowest BCUT2D eigenvalue weighted by Crippen LogP contribution is -1.95. The van der Waals surface area contributed by atoms with Gasteiger partial charge in [-0.25, -0.2) is 0 Å². The van der Waals surface area contributed by atoms with Crippen molar-refractivity contribution in [1.82, 2.24) is 4.57 Å². The van der Waals surface area contributed by atoms with Gasteiger partial charge in [0.1, 0.15) is 5.75 Å². The van der Waals surface area contributed by atoms with Gasteiger partial charge in [-0.1, -0.05) is 11.6 Å². The first-order chi connectivity index (χ1) is 7.17. The van der Waals surface area contributed by atoms with Crippen molar-refractivity contribution in [3.05, 3.63) is 28.9 Å². The van der Waals surface area contributed by atoms with Crippen LogP contribution in [-0.4, -0.2) is 18.0 Å². The minimum atomic E-state index is 0.599. The second-order valence-corrected chi connectivity index (χ2v) is 3.73. The summed E-state index contributed by atoms with van der Waals surface area (Å²) < 4.78 is 7.01. The van der Waals surface area contributed by atoms with Crippen molar-refractivity contribution in [3.8, 4) is 5.75 Å². The fourth-order valence-electron chi connectivity index (χ4n) is 1.72. The van der Waals surface area contributed by atoms with Crippen LogP contribution in [0.4, 0.5) is 0 Å². The van der Waals surface area contributed by atoms with Gasteiger partial charge in [-0.15, -0.1) is 0 Å². The molecule has 1 aromatic heterocycles. The highest BCUT2D eigenvalue weighted by Crippen LogP contribution is 2.31.